The van der Waals surface area contributed by atoms with Gasteiger partial charge in [0, 0.05) is 12.6 Å². The van der Waals surface area contributed by atoms with E-state index < -0.39 is 0 Å². The summed E-state index contributed by atoms with van der Waals surface area (Å²) >= 11 is 0. The fraction of sp³-hybridized carbons (Fsp3) is 0.368. The third-order valence-corrected chi connectivity index (χ3v) is 4.51. The summed E-state index contributed by atoms with van der Waals surface area (Å²) in [6.07, 6.45) is 2.71. The molecule has 0 spiro atoms. The lowest BCUT2D eigenvalue weighted by molar-refractivity contribution is -0.138. The van der Waals surface area contributed by atoms with E-state index in [-0.39, 0.29) is 18.6 Å². The van der Waals surface area contributed by atoms with Crippen molar-refractivity contribution in [1.29, 1.82) is 0 Å². The average molecular weight is 368 g/mol. The normalized spacial score (nSPS) is 17.1. The molecular formula is C19H20N4O4. The molecule has 1 aromatic carbocycles. The largest absolute Gasteiger partial charge is 0.484 e. The first-order chi connectivity index (χ1) is 13.2. The van der Waals surface area contributed by atoms with Crippen LogP contribution in [0.3, 0.4) is 0 Å². The molecule has 27 heavy (non-hydrogen) atoms. The maximum atomic E-state index is 12.7. The van der Waals surface area contributed by atoms with Crippen LogP contribution in [0.15, 0.2) is 45.4 Å². The van der Waals surface area contributed by atoms with E-state index in [9.17, 15) is 4.79 Å². The maximum absolute atomic E-state index is 12.7. The summed E-state index contributed by atoms with van der Waals surface area (Å²) in [5, 5.41) is 7.89. The summed E-state index contributed by atoms with van der Waals surface area (Å²) in [6, 6.07) is 10.8. The van der Waals surface area contributed by atoms with Crippen LogP contribution in [0, 0.1) is 6.92 Å². The SMILES string of the molecule is Cc1cc(-c2noc([C@H]3CCCCN3C(=O)COc3ccccc3)n2)no1. The number of piperidine rings is 1. The predicted molar refractivity (Wildman–Crippen MR) is 94.8 cm³/mol. The molecule has 0 aliphatic carbocycles. The topological polar surface area (TPSA) is 94.5 Å². The Bertz CT molecular complexity index is 905. The predicted octanol–water partition coefficient (Wildman–Crippen LogP) is 3.17. The van der Waals surface area contributed by atoms with Gasteiger partial charge in [0.2, 0.25) is 11.7 Å². The van der Waals surface area contributed by atoms with Crippen LogP contribution in [-0.4, -0.2) is 39.3 Å². The monoisotopic (exact) mass is 368 g/mol. The van der Waals surface area contributed by atoms with E-state index in [1.54, 1.807) is 17.9 Å². The summed E-state index contributed by atoms with van der Waals surface area (Å²) in [5.41, 5.74) is 0.517. The average Bonchev–Trinajstić information content (AvgIpc) is 3.36. The van der Waals surface area contributed by atoms with Gasteiger partial charge in [0.15, 0.2) is 12.3 Å². The van der Waals surface area contributed by atoms with Crippen molar-refractivity contribution in [3.05, 3.63) is 48.0 Å². The number of aryl methyl sites for hydroxylation is 1. The summed E-state index contributed by atoms with van der Waals surface area (Å²) < 4.78 is 16.1. The van der Waals surface area contributed by atoms with Crippen LogP contribution in [-0.2, 0) is 4.79 Å². The lowest BCUT2D eigenvalue weighted by Gasteiger charge is -2.33. The fourth-order valence-corrected chi connectivity index (χ4v) is 3.18. The third-order valence-electron chi connectivity index (χ3n) is 4.51. The van der Waals surface area contributed by atoms with Gasteiger partial charge in [-0.25, -0.2) is 0 Å². The number of likely N-dealkylation sites (tertiary alicyclic amines) is 1. The lowest BCUT2D eigenvalue weighted by atomic mass is 10.0. The minimum absolute atomic E-state index is 0.0238. The van der Waals surface area contributed by atoms with E-state index in [1.165, 1.54) is 0 Å². The third kappa shape index (κ3) is 3.84. The Labute approximate surface area is 156 Å². The highest BCUT2D eigenvalue weighted by Gasteiger charge is 2.32. The highest BCUT2D eigenvalue weighted by molar-refractivity contribution is 5.78. The highest BCUT2D eigenvalue weighted by atomic mass is 16.5. The van der Waals surface area contributed by atoms with Gasteiger partial charge in [-0.1, -0.05) is 28.5 Å². The van der Waals surface area contributed by atoms with Crippen molar-refractivity contribution >= 4 is 5.91 Å². The minimum Gasteiger partial charge on any atom is -0.484 e. The molecular weight excluding hydrogens is 348 g/mol. The molecule has 1 atom stereocenters. The number of para-hydroxylation sites is 1. The van der Waals surface area contributed by atoms with E-state index in [1.807, 2.05) is 30.3 Å². The molecule has 8 nitrogen and oxygen atoms in total. The summed E-state index contributed by atoms with van der Waals surface area (Å²) in [5.74, 6) is 2.02. The highest BCUT2D eigenvalue weighted by Crippen LogP contribution is 2.31. The van der Waals surface area contributed by atoms with Gasteiger partial charge in [-0.2, -0.15) is 4.98 Å². The molecule has 1 amide bonds. The molecule has 0 radical (unpaired) electrons. The summed E-state index contributed by atoms with van der Waals surface area (Å²) in [7, 11) is 0. The van der Waals surface area contributed by atoms with Crippen molar-refractivity contribution < 1.29 is 18.6 Å². The Morgan fingerprint density at radius 1 is 1.22 bits per heavy atom. The number of carbonyl (C=O) groups excluding carboxylic acids is 1. The molecule has 1 aliphatic heterocycles. The second kappa shape index (κ2) is 7.61. The van der Waals surface area contributed by atoms with E-state index in [4.69, 9.17) is 13.8 Å². The van der Waals surface area contributed by atoms with Gasteiger partial charge in [0.05, 0.1) is 0 Å². The zero-order valence-electron chi connectivity index (χ0n) is 15.0. The quantitative estimate of drug-likeness (QED) is 0.682. The minimum atomic E-state index is -0.250. The van der Waals surface area contributed by atoms with E-state index in [0.717, 1.165) is 19.3 Å². The Balaban J connectivity index is 1.47. The molecule has 0 bridgehead atoms. The summed E-state index contributed by atoms with van der Waals surface area (Å²) in [6.45, 7) is 2.41. The molecule has 4 rings (SSSR count). The van der Waals surface area contributed by atoms with Crippen molar-refractivity contribution in [1.82, 2.24) is 20.2 Å². The first kappa shape index (κ1) is 17.3. The molecule has 1 saturated heterocycles. The zero-order valence-corrected chi connectivity index (χ0v) is 15.0. The van der Waals surface area contributed by atoms with Crippen LogP contribution in [0.4, 0.5) is 0 Å². The molecule has 0 N–H and O–H groups in total. The van der Waals surface area contributed by atoms with Crippen LogP contribution >= 0.6 is 0 Å². The number of amides is 1. The molecule has 3 aromatic rings. The second-order valence-electron chi connectivity index (χ2n) is 6.48. The number of aromatic nitrogens is 3. The number of carbonyl (C=O) groups is 1. The molecule has 1 aliphatic rings. The molecule has 0 unspecified atom stereocenters. The molecule has 8 heteroatoms. The van der Waals surface area contributed by atoms with Crippen LogP contribution in [0.5, 0.6) is 5.75 Å². The van der Waals surface area contributed by atoms with Crippen LogP contribution < -0.4 is 4.74 Å². The van der Waals surface area contributed by atoms with Crippen molar-refractivity contribution in [2.45, 2.75) is 32.2 Å². The second-order valence-corrected chi connectivity index (χ2v) is 6.48. The lowest BCUT2D eigenvalue weighted by Crippen LogP contribution is -2.41. The van der Waals surface area contributed by atoms with Gasteiger partial charge in [-0.15, -0.1) is 0 Å². The Kier molecular flexibility index (Phi) is 4.86. The Hall–Kier alpha value is -3.16. The van der Waals surface area contributed by atoms with Gasteiger partial charge >= 0.3 is 0 Å². The first-order valence-corrected chi connectivity index (χ1v) is 8.95. The van der Waals surface area contributed by atoms with Crippen molar-refractivity contribution in [3.63, 3.8) is 0 Å². The van der Waals surface area contributed by atoms with Gasteiger partial charge in [0.1, 0.15) is 17.6 Å². The standard InChI is InChI=1S/C19H20N4O4/c1-13-11-15(21-26-13)18-20-19(27-22-18)16-9-5-6-10-23(16)17(24)12-25-14-7-3-2-4-8-14/h2-4,7-8,11,16H,5-6,9-10,12H2,1H3/t16-/m1/s1. The molecule has 3 heterocycles. The molecule has 1 fully saturated rings. The van der Waals surface area contributed by atoms with Gasteiger partial charge in [-0.3, -0.25) is 4.79 Å². The Morgan fingerprint density at radius 2 is 2.07 bits per heavy atom. The fourth-order valence-electron chi connectivity index (χ4n) is 3.18. The van der Waals surface area contributed by atoms with Crippen molar-refractivity contribution in [2.75, 3.05) is 13.2 Å². The summed E-state index contributed by atoms with van der Waals surface area (Å²) in [4.78, 5) is 18.9. The number of hydrogen-bond donors (Lipinski definition) is 0. The zero-order chi connectivity index (χ0) is 18.6. The van der Waals surface area contributed by atoms with Crippen molar-refractivity contribution in [3.8, 4) is 17.3 Å². The molecule has 0 saturated carbocycles. The van der Waals surface area contributed by atoms with E-state index in [2.05, 4.69) is 15.3 Å². The maximum Gasteiger partial charge on any atom is 0.261 e. The van der Waals surface area contributed by atoms with Gasteiger partial charge < -0.3 is 18.7 Å². The molecule has 2 aromatic heterocycles. The van der Waals surface area contributed by atoms with E-state index in [0.29, 0.717) is 35.5 Å². The molecule has 140 valence electrons. The number of nitrogens with zero attached hydrogens (tertiary/aromatic N) is 4. The van der Waals surface area contributed by atoms with Gasteiger partial charge in [0.25, 0.3) is 5.91 Å². The Morgan fingerprint density at radius 3 is 2.85 bits per heavy atom. The first-order valence-electron chi connectivity index (χ1n) is 8.95. The van der Waals surface area contributed by atoms with Gasteiger partial charge in [-0.05, 0) is 38.3 Å². The van der Waals surface area contributed by atoms with Crippen LogP contribution in [0.2, 0.25) is 0 Å². The van der Waals surface area contributed by atoms with E-state index >= 15 is 0 Å². The number of benzene rings is 1. The number of ether oxygens (including phenoxy) is 1. The van der Waals surface area contributed by atoms with Crippen LogP contribution in [0.25, 0.3) is 11.5 Å². The van der Waals surface area contributed by atoms with Crippen LogP contribution in [0.1, 0.15) is 37.0 Å². The number of hydrogen-bond acceptors (Lipinski definition) is 7. The smallest absolute Gasteiger partial charge is 0.261 e. The number of rotatable bonds is 5. The van der Waals surface area contributed by atoms with Crippen molar-refractivity contribution in [2.24, 2.45) is 0 Å².